The Labute approximate surface area is 145 Å². The van der Waals surface area contributed by atoms with Gasteiger partial charge >= 0.3 is 0 Å². The van der Waals surface area contributed by atoms with Crippen LogP contribution in [0.2, 0.25) is 0 Å². The molecule has 0 bridgehead atoms. The van der Waals surface area contributed by atoms with Crippen molar-refractivity contribution in [3.05, 3.63) is 22.5 Å². The fraction of sp³-hybridized carbons (Fsp3) is 0.700. The summed E-state index contributed by atoms with van der Waals surface area (Å²) in [6.45, 7) is 12.6. The Bertz CT molecular complexity index is 626. The first-order valence-corrected chi connectivity index (χ1v) is 9.16. The van der Waals surface area contributed by atoms with Gasteiger partial charge in [-0.05, 0) is 43.6 Å². The minimum absolute atomic E-state index is 0.0424. The average Bonchev–Trinajstić information content (AvgIpc) is 2.73. The first-order valence-electron chi connectivity index (χ1n) is 9.16. The maximum absolute atomic E-state index is 12.6. The smallest absolute Gasteiger partial charge is 0.268 e. The lowest BCUT2D eigenvalue weighted by Crippen LogP contribution is -2.33. The molecule has 0 spiro atoms. The van der Waals surface area contributed by atoms with E-state index in [1.807, 2.05) is 13.8 Å². The van der Waals surface area contributed by atoms with Crippen LogP contribution in [0.1, 0.15) is 92.4 Å². The molecule has 134 valence electrons. The van der Waals surface area contributed by atoms with Gasteiger partial charge in [0.25, 0.3) is 5.91 Å². The van der Waals surface area contributed by atoms with Crippen LogP contribution in [0, 0.1) is 18.3 Å². The molecule has 0 saturated heterocycles. The molecule has 1 unspecified atom stereocenters. The second-order valence-electron chi connectivity index (χ2n) is 8.62. The third-order valence-electron chi connectivity index (χ3n) is 4.92. The molecule has 2 rings (SSSR count). The Morgan fingerprint density at radius 3 is 2.50 bits per heavy atom. The highest BCUT2D eigenvalue weighted by molar-refractivity contribution is 6.04. The van der Waals surface area contributed by atoms with Gasteiger partial charge in [0, 0.05) is 23.7 Å². The SMILES string of the molecule is Cc1c(C(=O)NC(C)CCCC(C)C)[nH]c2c1C(=O)CC(C)(C)C2. The summed E-state index contributed by atoms with van der Waals surface area (Å²) in [6.07, 6.45) is 4.64. The van der Waals surface area contributed by atoms with Crippen molar-refractivity contribution >= 4 is 11.7 Å². The van der Waals surface area contributed by atoms with Gasteiger partial charge in [-0.15, -0.1) is 0 Å². The number of amides is 1. The van der Waals surface area contributed by atoms with Gasteiger partial charge in [0.1, 0.15) is 5.69 Å². The number of nitrogens with one attached hydrogen (secondary N) is 2. The van der Waals surface area contributed by atoms with E-state index in [4.69, 9.17) is 0 Å². The number of rotatable bonds is 6. The van der Waals surface area contributed by atoms with Gasteiger partial charge in [-0.25, -0.2) is 0 Å². The minimum atomic E-state index is -0.0930. The molecule has 1 aromatic heterocycles. The van der Waals surface area contributed by atoms with E-state index in [9.17, 15) is 9.59 Å². The topological polar surface area (TPSA) is 62.0 Å². The Morgan fingerprint density at radius 1 is 1.21 bits per heavy atom. The second kappa shape index (κ2) is 7.12. The molecule has 4 nitrogen and oxygen atoms in total. The predicted molar refractivity (Wildman–Crippen MR) is 97.6 cm³/mol. The Kier molecular flexibility index (Phi) is 5.56. The molecule has 0 aromatic carbocycles. The molecule has 1 aliphatic rings. The van der Waals surface area contributed by atoms with E-state index < -0.39 is 0 Å². The first-order chi connectivity index (χ1) is 11.1. The number of ketones is 1. The Balaban J connectivity index is 2.07. The summed E-state index contributed by atoms with van der Waals surface area (Å²) >= 11 is 0. The molecule has 0 saturated carbocycles. The molecule has 2 N–H and O–H groups in total. The third-order valence-corrected chi connectivity index (χ3v) is 4.92. The van der Waals surface area contributed by atoms with Crippen molar-refractivity contribution in [2.45, 2.75) is 79.7 Å². The summed E-state index contributed by atoms with van der Waals surface area (Å²) in [6, 6.07) is 0.142. The molecule has 0 fully saturated rings. The summed E-state index contributed by atoms with van der Waals surface area (Å²) in [7, 11) is 0. The molecule has 0 aliphatic heterocycles. The van der Waals surface area contributed by atoms with E-state index >= 15 is 0 Å². The zero-order valence-electron chi connectivity index (χ0n) is 16.0. The maximum atomic E-state index is 12.6. The lowest BCUT2D eigenvalue weighted by Gasteiger charge is -2.28. The van der Waals surface area contributed by atoms with Crippen LogP contribution in [0.5, 0.6) is 0 Å². The monoisotopic (exact) mass is 332 g/mol. The number of hydrogen-bond donors (Lipinski definition) is 2. The highest BCUT2D eigenvalue weighted by Gasteiger charge is 2.35. The number of carbonyl (C=O) groups excluding carboxylic acids is 2. The molecule has 1 aromatic rings. The van der Waals surface area contributed by atoms with Crippen molar-refractivity contribution in [3.8, 4) is 0 Å². The molecule has 1 amide bonds. The van der Waals surface area contributed by atoms with Crippen LogP contribution in [0.15, 0.2) is 0 Å². The van der Waals surface area contributed by atoms with Crippen LogP contribution >= 0.6 is 0 Å². The highest BCUT2D eigenvalue weighted by Crippen LogP contribution is 2.36. The van der Waals surface area contributed by atoms with E-state index in [2.05, 4.69) is 38.0 Å². The Morgan fingerprint density at radius 2 is 1.88 bits per heavy atom. The van der Waals surface area contributed by atoms with Crippen LogP contribution in [0.3, 0.4) is 0 Å². The van der Waals surface area contributed by atoms with E-state index in [-0.39, 0.29) is 23.1 Å². The number of carbonyl (C=O) groups is 2. The van der Waals surface area contributed by atoms with Crippen LogP contribution < -0.4 is 5.32 Å². The van der Waals surface area contributed by atoms with Gasteiger partial charge in [0.2, 0.25) is 0 Å². The van der Waals surface area contributed by atoms with Gasteiger partial charge in [-0.2, -0.15) is 0 Å². The number of fused-ring (bicyclic) bond motifs is 1. The van der Waals surface area contributed by atoms with Crippen molar-refractivity contribution in [3.63, 3.8) is 0 Å². The summed E-state index contributed by atoms with van der Waals surface area (Å²) in [4.78, 5) is 28.3. The van der Waals surface area contributed by atoms with Gasteiger partial charge in [0.05, 0.1) is 0 Å². The molecule has 0 radical (unpaired) electrons. The van der Waals surface area contributed by atoms with E-state index in [1.165, 1.54) is 6.42 Å². The number of hydrogen-bond acceptors (Lipinski definition) is 2. The lowest BCUT2D eigenvalue weighted by atomic mass is 9.75. The minimum Gasteiger partial charge on any atom is -0.354 e. The standard InChI is InChI=1S/C20H32N2O2/c1-12(2)8-7-9-13(3)21-19(24)18-14(4)17-15(22-18)10-20(5,6)11-16(17)23/h12-13,22H,7-11H2,1-6H3,(H,21,24). The molecule has 1 aliphatic carbocycles. The fourth-order valence-corrected chi connectivity index (χ4v) is 3.66. The zero-order chi connectivity index (χ0) is 18.1. The molecule has 4 heteroatoms. The largest absolute Gasteiger partial charge is 0.354 e. The summed E-state index contributed by atoms with van der Waals surface area (Å²) in [5, 5.41) is 3.07. The van der Waals surface area contributed by atoms with Gasteiger partial charge in [-0.1, -0.05) is 40.5 Å². The van der Waals surface area contributed by atoms with Crippen LogP contribution in [0.4, 0.5) is 0 Å². The zero-order valence-corrected chi connectivity index (χ0v) is 16.0. The Hall–Kier alpha value is -1.58. The maximum Gasteiger partial charge on any atom is 0.268 e. The number of H-pyrrole nitrogens is 1. The summed E-state index contributed by atoms with van der Waals surface area (Å²) in [5.41, 5.74) is 2.98. The van der Waals surface area contributed by atoms with Crippen LogP contribution in [-0.2, 0) is 6.42 Å². The summed E-state index contributed by atoms with van der Waals surface area (Å²) in [5.74, 6) is 0.753. The van der Waals surface area contributed by atoms with Crippen molar-refractivity contribution in [2.24, 2.45) is 11.3 Å². The van der Waals surface area contributed by atoms with Gasteiger partial charge in [0.15, 0.2) is 5.78 Å². The van der Waals surface area contributed by atoms with Crippen molar-refractivity contribution < 1.29 is 9.59 Å². The van der Waals surface area contributed by atoms with E-state index in [1.54, 1.807) is 0 Å². The summed E-state index contributed by atoms with van der Waals surface area (Å²) < 4.78 is 0. The van der Waals surface area contributed by atoms with Crippen molar-refractivity contribution in [1.29, 1.82) is 0 Å². The molecule has 1 atom stereocenters. The van der Waals surface area contributed by atoms with Crippen LogP contribution in [-0.4, -0.2) is 22.7 Å². The van der Waals surface area contributed by atoms with Crippen LogP contribution in [0.25, 0.3) is 0 Å². The predicted octanol–water partition coefficient (Wildman–Crippen LogP) is 4.42. The molecule has 24 heavy (non-hydrogen) atoms. The number of aromatic amines is 1. The van der Waals surface area contributed by atoms with Gasteiger partial charge in [-0.3, -0.25) is 9.59 Å². The fourth-order valence-electron chi connectivity index (χ4n) is 3.66. The van der Waals surface area contributed by atoms with Gasteiger partial charge < -0.3 is 10.3 Å². The van der Waals surface area contributed by atoms with E-state index in [0.717, 1.165) is 36.1 Å². The van der Waals surface area contributed by atoms with Crippen molar-refractivity contribution in [2.75, 3.05) is 0 Å². The first kappa shape index (κ1) is 18.8. The molecular weight excluding hydrogens is 300 g/mol. The second-order valence-corrected chi connectivity index (χ2v) is 8.62. The normalized spacial score (nSPS) is 17.7. The number of Topliss-reactive ketones (excluding diaryl/α,β-unsaturated/α-hetero) is 1. The molecular formula is C20H32N2O2. The highest BCUT2D eigenvalue weighted by atomic mass is 16.2. The molecule has 1 heterocycles. The average molecular weight is 332 g/mol. The van der Waals surface area contributed by atoms with E-state index in [0.29, 0.717) is 18.0 Å². The lowest BCUT2D eigenvalue weighted by molar-refractivity contribution is 0.0908. The van der Waals surface area contributed by atoms with Crippen molar-refractivity contribution in [1.82, 2.24) is 10.3 Å². The quantitative estimate of drug-likeness (QED) is 0.810. The number of aromatic nitrogens is 1. The third kappa shape index (κ3) is 4.28.